The maximum absolute atomic E-state index is 12.5. The molecule has 0 aliphatic carbocycles. The van der Waals surface area contributed by atoms with Gasteiger partial charge in [0.05, 0.1) is 17.7 Å². The van der Waals surface area contributed by atoms with Crippen LogP contribution >= 0.6 is 0 Å². The third kappa shape index (κ3) is 3.41. The Labute approximate surface area is 153 Å². The summed E-state index contributed by atoms with van der Waals surface area (Å²) in [6.45, 7) is 4.00. The van der Waals surface area contributed by atoms with Crippen LogP contribution in [-0.2, 0) is 4.74 Å². The van der Waals surface area contributed by atoms with E-state index >= 15 is 0 Å². The molecule has 0 fully saturated rings. The second kappa shape index (κ2) is 7.58. The summed E-state index contributed by atoms with van der Waals surface area (Å²) in [4.78, 5) is 28.4. The predicted molar refractivity (Wildman–Crippen MR) is 101 cm³/mol. The molecule has 1 aliphatic rings. The number of nitrogens with zero attached hydrogens (tertiary/aromatic N) is 2. The molecule has 6 nitrogen and oxygen atoms in total. The molecule has 2 N–H and O–H groups in total. The fourth-order valence-electron chi connectivity index (χ4n) is 3.09. The van der Waals surface area contributed by atoms with E-state index in [1.54, 1.807) is 31.4 Å². The van der Waals surface area contributed by atoms with E-state index in [9.17, 15) is 9.59 Å². The van der Waals surface area contributed by atoms with Crippen molar-refractivity contribution in [1.29, 1.82) is 0 Å². The number of nitrogen functional groups attached to an aromatic ring is 1. The summed E-state index contributed by atoms with van der Waals surface area (Å²) in [5.41, 5.74) is 9.58. The van der Waals surface area contributed by atoms with E-state index < -0.39 is 0 Å². The summed E-state index contributed by atoms with van der Waals surface area (Å²) < 4.78 is 5.20. The van der Waals surface area contributed by atoms with Crippen LogP contribution in [0.5, 0.6) is 0 Å². The lowest BCUT2D eigenvalue weighted by molar-refractivity contribution is 0.0658. The van der Waals surface area contributed by atoms with E-state index in [4.69, 9.17) is 10.5 Å². The first-order valence-electron chi connectivity index (χ1n) is 8.58. The number of benzene rings is 2. The average Bonchev–Trinajstić information content (AvgIpc) is 2.89. The highest BCUT2D eigenvalue weighted by Crippen LogP contribution is 2.24. The van der Waals surface area contributed by atoms with Crippen LogP contribution in [0.2, 0.25) is 0 Å². The highest BCUT2D eigenvalue weighted by Gasteiger charge is 2.34. The van der Waals surface area contributed by atoms with Crippen molar-refractivity contribution < 1.29 is 14.3 Å². The molecule has 0 unspecified atom stereocenters. The number of nitrogens with two attached hydrogens (primary N) is 1. The molecule has 1 heterocycles. The average molecular weight is 353 g/mol. The van der Waals surface area contributed by atoms with Crippen LogP contribution in [0.1, 0.15) is 26.3 Å². The number of amides is 2. The Kier molecular flexibility index (Phi) is 5.23. The van der Waals surface area contributed by atoms with Crippen LogP contribution < -0.4 is 10.6 Å². The first-order chi connectivity index (χ1) is 12.5. The lowest BCUT2D eigenvalue weighted by Gasteiger charge is -2.27. The molecule has 0 saturated heterocycles. The number of imide groups is 1. The molecule has 6 heteroatoms. The lowest BCUT2D eigenvalue weighted by atomic mass is 10.1. The fourth-order valence-corrected chi connectivity index (χ4v) is 3.09. The maximum Gasteiger partial charge on any atom is 0.261 e. The molecule has 0 aromatic heterocycles. The number of fused-ring (bicyclic) bond motifs is 1. The molecule has 2 amide bonds. The molecule has 0 radical (unpaired) electrons. The van der Waals surface area contributed by atoms with E-state index in [1.165, 1.54) is 4.90 Å². The number of carbonyl (C=O) groups excluding carboxylic acids is 2. The van der Waals surface area contributed by atoms with Gasteiger partial charge in [-0.3, -0.25) is 14.5 Å². The van der Waals surface area contributed by atoms with Gasteiger partial charge in [0.15, 0.2) is 0 Å². The number of aryl methyl sites for hydroxylation is 1. The first-order valence-corrected chi connectivity index (χ1v) is 8.58. The fraction of sp³-hybridized carbons (Fsp3) is 0.300. The molecule has 26 heavy (non-hydrogen) atoms. The SMILES string of the molecule is COCCN(CCN1C(=O)c2ccccc2C1=O)c1ccc(N)c(C)c1. The van der Waals surface area contributed by atoms with Gasteiger partial charge in [-0.25, -0.2) is 0 Å². The molecule has 1 aliphatic heterocycles. The Morgan fingerprint density at radius 2 is 1.69 bits per heavy atom. The molecule has 0 bridgehead atoms. The number of anilines is 2. The molecule has 3 rings (SSSR count). The number of carbonyl (C=O) groups is 2. The van der Waals surface area contributed by atoms with Crippen molar-refractivity contribution in [2.45, 2.75) is 6.92 Å². The van der Waals surface area contributed by atoms with E-state index in [0.29, 0.717) is 37.4 Å². The second-order valence-corrected chi connectivity index (χ2v) is 6.33. The van der Waals surface area contributed by atoms with Gasteiger partial charge in [-0.2, -0.15) is 0 Å². The van der Waals surface area contributed by atoms with E-state index in [0.717, 1.165) is 16.9 Å². The van der Waals surface area contributed by atoms with Crippen molar-refractivity contribution >= 4 is 23.2 Å². The quantitative estimate of drug-likeness (QED) is 0.611. The largest absolute Gasteiger partial charge is 0.399 e. The standard InChI is InChI=1S/C20H23N3O3/c1-14-13-15(7-8-18(14)21)22(11-12-26-2)9-10-23-19(24)16-5-3-4-6-17(16)20(23)25/h3-8,13H,9-12,21H2,1-2H3. The molecule has 2 aromatic rings. The number of hydrogen-bond acceptors (Lipinski definition) is 5. The van der Waals surface area contributed by atoms with Gasteiger partial charge in [0, 0.05) is 38.1 Å². The number of methoxy groups -OCH3 is 1. The monoisotopic (exact) mass is 353 g/mol. The predicted octanol–water partition coefficient (Wildman–Crippen LogP) is 2.33. The van der Waals surface area contributed by atoms with Crippen molar-refractivity contribution in [1.82, 2.24) is 4.90 Å². The van der Waals surface area contributed by atoms with Crippen molar-refractivity contribution in [3.63, 3.8) is 0 Å². The van der Waals surface area contributed by atoms with Crippen molar-refractivity contribution in [2.75, 3.05) is 44.0 Å². The summed E-state index contributed by atoms with van der Waals surface area (Å²) in [7, 11) is 1.65. The Morgan fingerprint density at radius 1 is 1.04 bits per heavy atom. The third-order valence-electron chi connectivity index (χ3n) is 4.66. The number of hydrogen-bond donors (Lipinski definition) is 1. The van der Waals surface area contributed by atoms with Gasteiger partial charge in [-0.1, -0.05) is 12.1 Å². The highest BCUT2D eigenvalue weighted by atomic mass is 16.5. The molecule has 0 saturated carbocycles. The highest BCUT2D eigenvalue weighted by molar-refractivity contribution is 6.21. The Bertz CT molecular complexity index is 800. The summed E-state index contributed by atoms with van der Waals surface area (Å²) in [5, 5.41) is 0. The van der Waals surface area contributed by atoms with Crippen molar-refractivity contribution in [3.8, 4) is 0 Å². The van der Waals surface area contributed by atoms with Gasteiger partial charge in [-0.05, 0) is 42.8 Å². The van der Waals surface area contributed by atoms with Crippen LogP contribution in [0.4, 0.5) is 11.4 Å². The van der Waals surface area contributed by atoms with Crippen LogP contribution in [0.15, 0.2) is 42.5 Å². The Morgan fingerprint density at radius 3 is 2.27 bits per heavy atom. The maximum atomic E-state index is 12.5. The topological polar surface area (TPSA) is 75.9 Å². The number of ether oxygens (including phenoxy) is 1. The first kappa shape index (κ1) is 17.9. The summed E-state index contributed by atoms with van der Waals surface area (Å²) in [6.07, 6.45) is 0. The molecule has 0 spiro atoms. The molecular weight excluding hydrogens is 330 g/mol. The molecule has 2 aromatic carbocycles. The lowest BCUT2D eigenvalue weighted by Crippen LogP contribution is -2.39. The number of rotatable bonds is 7. The van der Waals surface area contributed by atoms with Crippen LogP contribution in [0, 0.1) is 6.92 Å². The van der Waals surface area contributed by atoms with Gasteiger partial charge in [-0.15, -0.1) is 0 Å². The van der Waals surface area contributed by atoms with Crippen molar-refractivity contribution in [2.24, 2.45) is 0 Å². The van der Waals surface area contributed by atoms with Gasteiger partial charge in [0.25, 0.3) is 11.8 Å². The molecule has 0 atom stereocenters. The van der Waals surface area contributed by atoms with E-state index in [-0.39, 0.29) is 11.8 Å². The zero-order chi connectivity index (χ0) is 18.7. The van der Waals surface area contributed by atoms with Crippen LogP contribution in [0.3, 0.4) is 0 Å². The summed E-state index contributed by atoms with van der Waals surface area (Å²) in [6, 6.07) is 12.8. The summed E-state index contributed by atoms with van der Waals surface area (Å²) >= 11 is 0. The minimum absolute atomic E-state index is 0.231. The van der Waals surface area contributed by atoms with Gasteiger partial charge in [0.2, 0.25) is 0 Å². The van der Waals surface area contributed by atoms with Crippen LogP contribution in [-0.4, -0.2) is 50.1 Å². The zero-order valence-electron chi connectivity index (χ0n) is 15.1. The minimum atomic E-state index is -0.231. The third-order valence-corrected chi connectivity index (χ3v) is 4.66. The Balaban J connectivity index is 1.75. The van der Waals surface area contributed by atoms with Gasteiger partial charge < -0.3 is 15.4 Å². The van der Waals surface area contributed by atoms with Gasteiger partial charge >= 0.3 is 0 Å². The summed E-state index contributed by atoms with van der Waals surface area (Å²) in [5.74, 6) is -0.462. The van der Waals surface area contributed by atoms with E-state index in [2.05, 4.69) is 4.90 Å². The minimum Gasteiger partial charge on any atom is -0.399 e. The van der Waals surface area contributed by atoms with Crippen molar-refractivity contribution in [3.05, 3.63) is 59.2 Å². The second-order valence-electron chi connectivity index (χ2n) is 6.33. The van der Waals surface area contributed by atoms with E-state index in [1.807, 2.05) is 25.1 Å². The zero-order valence-corrected chi connectivity index (χ0v) is 15.1. The molecular formula is C20H23N3O3. The Hall–Kier alpha value is -2.86. The smallest absolute Gasteiger partial charge is 0.261 e. The normalized spacial score (nSPS) is 13.2. The van der Waals surface area contributed by atoms with Gasteiger partial charge in [0.1, 0.15) is 0 Å². The van der Waals surface area contributed by atoms with Crippen LogP contribution in [0.25, 0.3) is 0 Å². The molecule has 136 valence electrons.